The molecule has 4 heteroatoms. The fraction of sp³-hybridized carbons (Fsp3) is 0.467. The van der Waals surface area contributed by atoms with Crippen LogP contribution in [0.1, 0.15) is 24.8 Å². The van der Waals surface area contributed by atoms with Gasteiger partial charge in [-0.15, -0.1) is 0 Å². The minimum Gasteiger partial charge on any atom is -0.384 e. The molecule has 0 radical (unpaired) electrons. The Hall–Kier alpha value is -1.19. The van der Waals surface area contributed by atoms with Crippen LogP contribution in [0.5, 0.6) is 0 Å². The van der Waals surface area contributed by atoms with Crippen LogP contribution in [0.3, 0.4) is 0 Å². The third kappa shape index (κ3) is 1.68. The maximum absolute atomic E-state index is 6.10. The number of halogens is 1. The fourth-order valence-electron chi connectivity index (χ4n) is 3.93. The van der Waals surface area contributed by atoms with Crippen molar-refractivity contribution >= 4 is 17.3 Å². The van der Waals surface area contributed by atoms with Crippen LogP contribution in [0, 0.1) is 5.92 Å². The molecule has 0 amide bonds. The zero-order valence-electron chi connectivity index (χ0n) is 10.9. The third-order valence-electron chi connectivity index (χ3n) is 4.77. The van der Waals surface area contributed by atoms with E-state index >= 15 is 0 Å². The van der Waals surface area contributed by atoms with Crippen molar-refractivity contribution in [3.8, 4) is 0 Å². The van der Waals surface area contributed by atoms with Gasteiger partial charge in [-0.05, 0) is 37.6 Å². The number of nitrogens with one attached hydrogen (secondary N) is 3. The van der Waals surface area contributed by atoms with Gasteiger partial charge in [0.2, 0.25) is 0 Å². The Morgan fingerprint density at radius 1 is 1.32 bits per heavy atom. The summed E-state index contributed by atoms with van der Waals surface area (Å²) in [6, 6.07) is 7.34. The van der Waals surface area contributed by atoms with Gasteiger partial charge in [0.1, 0.15) is 0 Å². The van der Waals surface area contributed by atoms with Crippen LogP contribution >= 0.6 is 11.6 Å². The second-order valence-corrected chi connectivity index (χ2v) is 6.25. The van der Waals surface area contributed by atoms with Gasteiger partial charge < -0.3 is 16.0 Å². The number of hydrogen-bond acceptors (Lipinski definition) is 3. The molecule has 3 heterocycles. The number of anilines is 1. The van der Waals surface area contributed by atoms with E-state index in [1.54, 1.807) is 0 Å². The molecule has 4 atom stereocenters. The summed E-state index contributed by atoms with van der Waals surface area (Å²) >= 11 is 6.10. The molecule has 4 rings (SSSR count). The monoisotopic (exact) mass is 275 g/mol. The number of piperidine rings is 1. The van der Waals surface area contributed by atoms with E-state index in [0.29, 0.717) is 23.9 Å². The Bertz CT molecular complexity index is 554. The molecule has 2 saturated heterocycles. The number of rotatable bonds is 0. The molecule has 1 aromatic rings. The Labute approximate surface area is 118 Å². The van der Waals surface area contributed by atoms with Crippen LogP contribution in [-0.4, -0.2) is 18.6 Å². The van der Waals surface area contributed by atoms with Gasteiger partial charge >= 0.3 is 0 Å². The van der Waals surface area contributed by atoms with E-state index in [1.165, 1.54) is 17.7 Å². The van der Waals surface area contributed by atoms with Gasteiger partial charge in [-0.2, -0.15) is 0 Å². The van der Waals surface area contributed by atoms with Crippen LogP contribution < -0.4 is 16.0 Å². The first-order valence-corrected chi connectivity index (χ1v) is 7.38. The largest absolute Gasteiger partial charge is 0.384 e. The Morgan fingerprint density at radius 2 is 2.21 bits per heavy atom. The summed E-state index contributed by atoms with van der Waals surface area (Å²) in [6.45, 7) is 3.41. The minimum absolute atomic E-state index is 0.473. The van der Waals surface area contributed by atoms with Gasteiger partial charge in [-0.25, -0.2) is 0 Å². The van der Waals surface area contributed by atoms with Crippen molar-refractivity contribution in [3.63, 3.8) is 0 Å². The van der Waals surface area contributed by atoms with Gasteiger partial charge in [0, 0.05) is 46.5 Å². The summed E-state index contributed by atoms with van der Waals surface area (Å²) in [5.74, 6) is 1.10. The zero-order chi connectivity index (χ0) is 13.0. The maximum atomic E-state index is 6.10. The molecule has 0 bridgehead atoms. The smallest absolute Gasteiger partial charge is 0.0434 e. The molecular weight excluding hydrogens is 258 g/mol. The van der Waals surface area contributed by atoms with E-state index in [0.717, 1.165) is 17.3 Å². The molecule has 3 N–H and O–H groups in total. The Kier molecular flexibility index (Phi) is 2.54. The fourth-order valence-corrected chi connectivity index (χ4v) is 4.10. The number of fused-ring (bicyclic) bond motifs is 5. The van der Waals surface area contributed by atoms with E-state index in [9.17, 15) is 0 Å². The standard InChI is InChI=1S/C15H18ClN3/c1-8-14-11(4-5-17-8)19-13-7-18-12-6-9(16)2-3-10(12)15(13)14/h2-3,6-8,11,14-15,17-19H,4-5H2,1H3. The van der Waals surface area contributed by atoms with Crippen LogP contribution in [0.15, 0.2) is 30.1 Å². The highest BCUT2D eigenvalue weighted by atomic mass is 35.5. The molecular formula is C15H18ClN3. The summed E-state index contributed by atoms with van der Waals surface area (Å²) in [5, 5.41) is 11.5. The van der Waals surface area contributed by atoms with Crippen LogP contribution in [0.25, 0.3) is 0 Å². The molecule has 0 saturated carbocycles. The molecule has 2 fully saturated rings. The quantitative estimate of drug-likeness (QED) is 0.681. The van der Waals surface area contributed by atoms with Crippen molar-refractivity contribution in [1.82, 2.24) is 10.6 Å². The second kappa shape index (κ2) is 4.15. The summed E-state index contributed by atoms with van der Waals surface area (Å²) in [6.07, 6.45) is 3.32. The lowest BCUT2D eigenvalue weighted by Crippen LogP contribution is -2.48. The van der Waals surface area contributed by atoms with Crippen LogP contribution in [0.4, 0.5) is 5.69 Å². The maximum Gasteiger partial charge on any atom is 0.0434 e. The SMILES string of the molecule is CC1NCCC2NC3=CNc4cc(Cl)ccc4C3C12. The molecule has 100 valence electrons. The Balaban J connectivity index is 1.80. The van der Waals surface area contributed by atoms with E-state index < -0.39 is 0 Å². The number of hydrogen-bond donors (Lipinski definition) is 3. The molecule has 4 unspecified atom stereocenters. The van der Waals surface area contributed by atoms with Gasteiger partial charge in [-0.1, -0.05) is 17.7 Å². The average molecular weight is 276 g/mol. The highest BCUT2D eigenvalue weighted by molar-refractivity contribution is 6.30. The second-order valence-electron chi connectivity index (χ2n) is 5.81. The molecule has 3 aliphatic heterocycles. The highest BCUT2D eigenvalue weighted by Gasteiger charge is 2.46. The van der Waals surface area contributed by atoms with Gasteiger partial charge in [-0.3, -0.25) is 0 Å². The van der Waals surface area contributed by atoms with Crippen molar-refractivity contribution in [2.24, 2.45) is 5.92 Å². The summed E-state index contributed by atoms with van der Waals surface area (Å²) < 4.78 is 0. The average Bonchev–Trinajstić information content (AvgIpc) is 2.78. The predicted molar refractivity (Wildman–Crippen MR) is 78.4 cm³/mol. The van der Waals surface area contributed by atoms with Crippen molar-refractivity contribution in [2.75, 3.05) is 11.9 Å². The first-order valence-electron chi connectivity index (χ1n) is 7.00. The van der Waals surface area contributed by atoms with Crippen molar-refractivity contribution in [2.45, 2.75) is 31.3 Å². The number of allylic oxidation sites excluding steroid dienone is 1. The van der Waals surface area contributed by atoms with Gasteiger partial charge in [0.15, 0.2) is 0 Å². The first kappa shape index (κ1) is 11.6. The first-order chi connectivity index (χ1) is 9.24. The van der Waals surface area contributed by atoms with Crippen molar-refractivity contribution < 1.29 is 0 Å². The van der Waals surface area contributed by atoms with E-state index in [-0.39, 0.29) is 0 Å². The lowest BCUT2D eigenvalue weighted by molar-refractivity contribution is 0.258. The summed E-state index contributed by atoms with van der Waals surface area (Å²) in [5.41, 5.74) is 3.86. The number of benzene rings is 1. The van der Waals surface area contributed by atoms with Crippen molar-refractivity contribution in [1.29, 1.82) is 0 Å². The molecule has 19 heavy (non-hydrogen) atoms. The lowest BCUT2D eigenvalue weighted by Gasteiger charge is -2.36. The van der Waals surface area contributed by atoms with E-state index in [2.05, 4.69) is 35.1 Å². The van der Waals surface area contributed by atoms with E-state index in [1.807, 2.05) is 12.1 Å². The molecule has 0 spiro atoms. The van der Waals surface area contributed by atoms with E-state index in [4.69, 9.17) is 11.6 Å². The highest BCUT2D eigenvalue weighted by Crippen LogP contribution is 2.47. The topological polar surface area (TPSA) is 36.1 Å². The van der Waals surface area contributed by atoms with Crippen molar-refractivity contribution in [3.05, 3.63) is 40.7 Å². The lowest BCUT2D eigenvalue weighted by atomic mass is 9.76. The van der Waals surface area contributed by atoms with Gasteiger partial charge in [0.25, 0.3) is 0 Å². The van der Waals surface area contributed by atoms with Gasteiger partial charge in [0.05, 0.1) is 0 Å². The predicted octanol–water partition coefficient (Wildman–Crippen LogP) is 2.66. The molecule has 3 nitrogen and oxygen atoms in total. The molecule has 1 aromatic carbocycles. The van der Waals surface area contributed by atoms with Crippen LogP contribution in [0.2, 0.25) is 5.02 Å². The zero-order valence-corrected chi connectivity index (χ0v) is 11.7. The third-order valence-corrected chi connectivity index (χ3v) is 5.00. The summed E-state index contributed by atoms with van der Waals surface area (Å²) in [7, 11) is 0. The Morgan fingerprint density at radius 3 is 3.11 bits per heavy atom. The normalized spacial score (nSPS) is 35.4. The molecule has 0 aromatic heterocycles. The molecule has 3 aliphatic rings. The minimum atomic E-state index is 0.473. The summed E-state index contributed by atoms with van der Waals surface area (Å²) in [4.78, 5) is 0. The molecule has 0 aliphatic carbocycles. The van der Waals surface area contributed by atoms with Crippen LogP contribution in [-0.2, 0) is 0 Å².